The van der Waals surface area contributed by atoms with E-state index >= 15 is 0 Å². The number of phenolic OH excluding ortho intramolecular Hbond substituents is 2. The van der Waals surface area contributed by atoms with Crippen LogP contribution in [0, 0.1) is 0 Å². The third-order valence-corrected chi connectivity index (χ3v) is 10.4. The Morgan fingerprint density at radius 3 is 1.48 bits per heavy atom. The molecule has 0 spiro atoms. The summed E-state index contributed by atoms with van der Waals surface area (Å²) in [6, 6.07) is 22.9. The number of rotatable bonds is 21. The van der Waals surface area contributed by atoms with Crippen LogP contribution in [-0.2, 0) is 48.6 Å². The fourth-order valence-corrected chi connectivity index (χ4v) is 7.06. The number of unbranched alkanes of at least 4 members (excludes halogenated alkanes) is 8. The van der Waals surface area contributed by atoms with Gasteiger partial charge in [0.2, 0.25) is 0 Å². The molecule has 0 atom stereocenters. The normalized spacial score (nSPS) is 11.7. The SMILES string of the molecule is CCCCCCCCC(=Nc1ccc(CC)c(CC)c1)C(CCCCC)=Nc1ccc(CC)c(CC)c1.CCCCc1ccc2c(O)c(O)ccc2c1.[Ni]. The molecule has 0 unspecified atom stereocenters. The summed E-state index contributed by atoms with van der Waals surface area (Å²) in [6.07, 6.45) is 21.1. The van der Waals surface area contributed by atoms with E-state index in [0.29, 0.717) is 5.39 Å². The van der Waals surface area contributed by atoms with E-state index in [1.165, 1.54) is 116 Å². The Morgan fingerprint density at radius 1 is 0.481 bits per heavy atom. The van der Waals surface area contributed by atoms with Crippen molar-refractivity contribution in [2.75, 3.05) is 0 Å². The first-order valence-electron chi connectivity index (χ1n) is 21.1. The molecule has 4 aromatic rings. The van der Waals surface area contributed by atoms with Crippen molar-refractivity contribution < 1.29 is 26.7 Å². The minimum atomic E-state index is -0.0613. The van der Waals surface area contributed by atoms with Crippen LogP contribution in [0.4, 0.5) is 11.4 Å². The van der Waals surface area contributed by atoms with E-state index in [1.807, 2.05) is 18.2 Å². The Labute approximate surface area is 339 Å². The van der Waals surface area contributed by atoms with Crippen molar-refractivity contribution in [3.05, 3.63) is 94.5 Å². The van der Waals surface area contributed by atoms with E-state index in [9.17, 15) is 10.2 Å². The molecule has 0 saturated carbocycles. The minimum Gasteiger partial charge on any atom is -0.504 e. The Balaban J connectivity index is 0.000000492. The molecule has 0 aliphatic carbocycles. The predicted molar refractivity (Wildman–Crippen MR) is 233 cm³/mol. The number of aryl methyl sites for hydroxylation is 5. The van der Waals surface area contributed by atoms with Gasteiger partial charge in [-0.15, -0.1) is 0 Å². The molecule has 0 saturated heterocycles. The molecule has 0 radical (unpaired) electrons. The number of aliphatic imine (C=N–C) groups is 2. The topological polar surface area (TPSA) is 65.2 Å². The van der Waals surface area contributed by atoms with E-state index in [4.69, 9.17) is 9.98 Å². The second-order valence-electron chi connectivity index (χ2n) is 14.5. The molecule has 2 N–H and O–H groups in total. The third kappa shape index (κ3) is 15.0. The first-order chi connectivity index (χ1) is 25.8. The van der Waals surface area contributed by atoms with Gasteiger partial charge in [0, 0.05) is 21.9 Å². The molecule has 0 aliphatic rings. The maximum Gasteiger partial charge on any atom is 0.165 e. The number of hydrogen-bond acceptors (Lipinski definition) is 4. The average Bonchev–Trinajstić information content (AvgIpc) is 3.19. The van der Waals surface area contributed by atoms with Crippen molar-refractivity contribution >= 4 is 33.6 Å². The Morgan fingerprint density at radius 2 is 0.963 bits per heavy atom. The summed E-state index contributed by atoms with van der Waals surface area (Å²) in [5, 5.41) is 20.7. The number of hydrogen-bond donors (Lipinski definition) is 2. The summed E-state index contributed by atoms with van der Waals surface area (Å²) in [7, 11) is 0. The van der Waals surface area contributed by atoms with Crippen molar-refractivity contribution in [3.63, 3.8) is 0 Å². The van der Waals surface area contributed by atoms with Gasteiger partial charge >= 0.3 is 0 Å². The maximum atomic E-state index is 9.68. The molecule has 298 valence electrons. The van der Waals surface area contributed by atoms with Gasteiger partial charge in [0.15, 0.2) is 11.5 Å². The van der Waals surface area contributed by atoms with Crippen LogP contribution in [0.1, 0.15) is 160 Å². The van der Waals surface area contributed by atoms with Crippen molar-refractivity contribution in [1.82, 2.24) is 0 Å². The van der Waals surface area contributed by atoms with E-state index in [1.54, 1.807) is 0 Å². The average molecular weight is 778 g/mol. The van der Waals surface area contributed by atoms with Crippen LogP contribution in [0.15, 0.2) is 76.7 Å². The summed E-state index contributed by atoms with van der Waals surface area (Å²) >= 11 is 0. The summed E-state index contributed by atoms with van der Waals surface area (Å²) in [5.74, 6) is -0.0895. The Kier molecular flexibility index (Phi) is 22.8. The predicted octanol–water partition coefficient (Wildman–Crippen LogP) is 14.7. The molecule has 4 nitrogen and oxygen atoms in total. The number of fused-ring (bicyclic) bond motifs is 1. The van der Waals surface area contributed by atoms with Crippen LogP contribution in [0.3, 0.4) is 0 Å². The molecule has 0 aliphatic heterocycles. The standard InChI is InChI=1S/C35H54N2.C14H16O2.Ni/c1-7-13-15-16-17-19-21-35(37-33-25-23-29(10-4)31(12-6)27-33)34(20-18-14-8-2)36-32-24-22-28(9-3)30(11-5)26-32;1-2-3-4-10-5-7-12-11(9-10)6-8-13(15)14(12)16;/h22-27H,7-21H2,1-6H3;5-9,15-16H,2-4H2,1H3;. The maximum absolute atomic E-state index is 9.68. The molecule has 0 aromatic heterocycles. The largest absolute Gasteiger partial charge is 0.504 e. The number of phenols is 2. The van der Waals surface area contributed by atoms with E-state index in [0.717, 1.165) is 61.7 Å². The number of nitrogens with zero attached hydrogens (tertiary/aromatic N) is 2. The quantitative estimate of drug-likeness (QED) is 0.0383. The first-order valence-corrected chi connectivity index (χ1v) is 21.1. The van der Waals surface area contributed by atoms with Crippen LogP contribution < -0.4 is 0 Å². The Bertz CT molecular complexity index is 1740. The monoisotopic (exact) mass is 776 g/mol. The van der Waals surface area contributed by atoms with Crippen molar-refractivity contribution in [1.29, 1.82) is 0 Å². The van der Waals surface area contributed by atoms with Gasteiger partial charge in [0.05, 0.1) is 22.8 Å². The van der Waals surface area contributed by atoms with Crippen LogP contribution >= 0.6 is 0 Å². The van der Waals surface area contributed by atoms with E-state index in [-0.39, 0.29) is 28.0 Å². The molecule has 54 heavy (non-hydrogen) atoms. The van der Waals surface area contributed by atoms with Crippen LogP contribution in [-0.4, -0.2) is 21.6 Å². The van der Waals surface area contributed by atoms with Gasteiger partial charge in [-0.1, -0.05) is 136 Å². The molecule has 4 rings (SSSR count). The zero-order chi connectivity index (χ0) is 38.4. The van der Waals surface area contributed by atoms with Gasteiger partial charge in [-0.2, -0.15) is 0 Å². The van der Waals surface area contributed by atoms with Crippen LogP contribution in [0.2, 0.25) is 0 Å². The third-order valence-electron chi connectivity index (χ3n) is 10.4. The molecular formula is C49H70N2NiO2. The van der Waals surface area contributed by atoms with Crippen LogP contribution in [0.5, 0.6) is 11.5 Å². The number of aromatic hydroxyl groups is 2. The minimum absolute atomic E-state index is 0. The Hall–Kier alpha value is -3.43. The number of benzene rings is 4. The molecule has 5 heteroatoms. The second-order valence-corrected chi connectivity index (χ2v) is 14.5. The molecule has 4 aromatic carbocycles. The molecule has 0 fully saturated rings. The van der Waals surface area contributed by atoms with Gasteiger partial charge < -0.3 is 10.2 Å². The first kappa shape index (κ1) is 46.7. The zero-order valence-electron chi connectivity index (χ0n) is 34.7. The van der Waals surface area contributed by atoms with E-state index in [2.05, 4.69) is 90.9 Å². The van der Waals surface area contributed by atoms with Gasteiger partial charge in [0.25, 0.3) is 0 Å². The van der Waals surface area contributed by atoms with Crippen LogP contribution in [0.25, 0.3) is 10.8 Å². The molecular weight excluding hydrogens is 707 g/mol. The summed E-state index contributed by atoms with van der Waals surface area (Å²) in [5.41, 5.74) is 11.6. The van der Waals surface area contributed by atoms with Gasteiger partial charge in [-0.25, -0.2) is 0 Å². The molecule has 0 bridgehead atoms. The van der Waals surface area contributed by atoms with E-state index < -0.39 is 0 Å². The zero-order valence-corrected chi connectivity index (χ0v) is 35.7. The summed E-state index contributed by atoms with van der Waals surface area (Å²) < 4.78 is 0. The van der Waals surface area contributed by atoms with Crippen molar-refractivity contribution in [2.24, 2.45) is 9.98 Å². The van der Waals surface area contributed by atoms with Gasteiger partial charge in [-0.05, 0) is 128 Å². The second kappa shape index (κ2) is 26.4. The summed E-state index contributed by atoms with van der Waals surface area (Å²) in [6.45, 7) is 15.7. The van der Waals surface area contributed by atoms with Gasteiger partial charge in [0.1, 0.15) is 0 Å². The van der Waals surface area contributed by atoms with Crippen molar-refractivity contribution in [3.8, 4) is 11.5 Å². The summed E-state index contributed by atoms with van der Waals surface area (Å²) in [4.78, 5) is 10.6. The molecule has 0 heterocycles. The fourth-order valence-electron chi connectivity index (χ4n) is 7.06. The van der Waals surface area contributed by atoms with Crippen molar-refractivity contribution in [2.45, 2.75) is 164 Å². The molecule has 0 amide bonds. The smallest absolute Gasteiger partial charge is 0.165 e. The van der Waals surface area contributed by atoms with Gasteiger partial charge in [-0.3, -0.25) is 9.98 Å². The fraction of sp³-hybridized carbons (Fsp3) is 0.510.